The number of hydrogen-bond acceptors (Lipinski definition) is 6. The summed E-state index contributed by atoms with van der Waals surface area (Å²) >= 11 is 1.97. The van der Waals surface area contributed by atoms with E-state index in [2.05, 4.69) is 27.4 Å². The number of fused-ring (bicyclic) bond motifs is 1. The average molecular weight is 400 g/mol. The summed E-state index contributed by atoms with van der Waals surface area (Å²) in [4.78, 5) is 12.9. The molecule has 148 valence electrons. The molecule has 0 aliphatic carbocycles. The molecule has 2 aliphatic rings. The van der Waals surface area contributed by atoms with E-state index in [1.54, 1.807) is 12.1 Å². The molecule has 0 saturated carbocycles. The van der Waals surface area contributed by atoms with Crippen LogP contribution < -0.4 is 4.74 Å². The highest BCUT2D eigenvalue weighted by molar-refractivity contribution is 7.97. The molecule has 0 N–H and O–H groups in total. The SMILES string of the molecule is O=[N+]([O-])c1ccc(CCN2CCN(SC3CCOc4ccccc43)CC2)cc1. The summed E-state index contributed by atoms with van der Waals surface area (Å²) < 4.78 is 8.27. The number of nitro benzene ring substituents is 1. The highest BCUT2D eigenvalue weighted by atomic mass is 32.2. The number of nitro groups is 1. The number of ether oxygens (including phenoxy) is 1. The number of para-hydroxylation sites is 1. The van der Waals surface area contributed by atoms with Crippen molar-refractivity contribution >= 4 is 17.6 Å². The molecule has 0 aromatic heterocycles. The molecular weight excluding hydrogens is 374 g/mol. The Balaban J connectivity index is 1.23. The molecule has 2 aromatic carbocycles. The standard InChI is InChI=1S/C21H25N3O3S/c25-24(26)18-7-5-17(6-8-18)9-11-22-12-14-23(15-13-22)28-21-10-16-27-20-4-2-1-3-19(20)21/h1-8,21H,9-16H2. The molecule has 0 radical (unpaired) electrons. The van der Waals surface area contributed by atoms with Crippen molar-refractivity contribution in [1.29, 1.82) is 0 Å². The third-order valence-electron chi connectivity index (χ3n) is 5.37. The molecule has 6 nitrogen and oxygen atoms in total. The van der Waals surface area contributed by atoms with Crippen LogP contribution in [0.5, 0.6) is 5.75 Å². The Bertz CT molecular complexity index is 807. The van der Waals surface area contributed by atoms with Crippen LogP contribution in [0, 0.1) is 10.1 Å². The fourth-order valence-electron chi connectivity index (χ4n) is 3.73. The Kier molecular flexibility index (Phi) is 6.14. The van der Waals surface area contributed by atoms with Crippen LogP contribution in [0.25, 0.3) is 0 Å². The first kappa shape index (κ1) is 19.2. The monoisotopic (exact) mass is 399 g/mol. The summed E-state index contributed by atoms with van der Waals surface area (Å²) in [6, 6.07) is 15.3. The van der Waals surface area contributed by atoms with Gasteiger partial charge in [-0.05, 0) is 24.5 Å². The van der Waals surface area contributed by atoms with Crippen molar-refractivity contribution in [2.24, 2.45) is 0 Å². The van der Waals surface area contributed by atoms with Crippen molar-refractivity contribution in [3.63, 3.8) is 0 Å². The Labute approximate surface area is 169 Å². The molecule has 2 aliphatic heterocycles. The van der Waals surface area contributed by atoms with Crippen LogP contribution in [0.1, 0.15) is 22.8 Å². The van der Waals surface area contributed by atoms with Gasteiger partial charge in [0.15, 0.2) is 0 Å². The Morgan fingerprint density at radius 2 is 1.82 bits per heavy atom. The Hall–Kier alpha value is -2.09. The van der Waals surface area contributed by atoms with Gasteiger partial charge in [-0.3, -0.25) is 10.1 Å². The molecule has 0 bridgehead atoms. The van der Waals surface area contributed by atoms with Gasteiger partial charge < -0.3 is 9.64 Å². The maximum absolute atomic E-state index is 10.7. The minimum absolute atomic E-state index is 0.157. The highest BCUT2D eigenvalue weighted by Gasteiger charge is 2.26. The van der Waals surface area contributed by atoms with Gasteiger partial charge in [0.05, 0.1) is 16.8 Å². The van der Waals surface area contributed by atoms with E-state index in [4.69, 9.17) is 4.74 Å². The molecule has 1 unspecified atom stereocenters. The number of hydrogen-bond donors (Lipinski definition) is 0. The smallest absolute Gasteiger partial charge is 0.269 e. The van der Waals surface area contributed by atoms with E-state index in [9.17, 15) is 10.1 Å². The molecule has 7 heteroatoms. The summed E-state index contributed by atoms with van der Waals surface area (Å²) in [5.74, 6) is 1.04. The molecule has 1 saturated heterocycles. The lowest BCUT2D eigenvalue weighted by molar-refractivity contribution is -0.384. The summed E-state index contributed by atoms with van der Waals surface area (Å²) in [5.41, 5.74) is 2.63. The quantitative estimate of drug-likeness (QED) is 0.417. The first-order valence-electron chi connectivity index (χ1n) is 9.78. The van der Waals surface area contributed by atoms with Gasteiger partial charge in [0, 0.05) is 50.4 Å². The van der Waals surface area contributed by atoms with Gasteiger partial charge in [-0.1, -0.05) is 42.3 Å². The predicted molar refractivity (Wildman–Crippen MR) is 112 cm³/mol. The molecule has 28 heavy (non-hydrogen) atoms. The fourth-order valence-corrected chi connectivity index (χ4v) is 4.97. The van der Waals surface area contributed by atoms with Gasteiger partial charge in [-0.25, -0.2) is 4.31 Å². The maximum atomic E-state index is 10.7. The van der Waals surface area contributed by atoms with Crippen LogP contribution in [-0.4, -0.2) is 53.5 Å². The van der Waals surface area contributed by atoms with Crippen molar-refractivity contribution in [2.45, 2.75) is 18.1 Å². The second-order valence-electron chi connectivity index (χ2n) is 7.21. The van der Waals surface area contributed by atoms with Gasteiger partial charge >= 0.3 is 0 Å². The largest absolute Gasteiger partial charge is 0.493 e. The van der Waals surface area contributed by atoms with Crippen molar-refractivity contribution in [1.82, 2.24) is 9.21 Å². The van der Waals surface area contributed by atoms with Gasteiger partial charge in [0.25, 0.3) is 5.69 Å². The zero-order valence-corrected chi connectivity index (χ0v) is 16.6. The number of nitrogens with zero attached hydrogens (tertiary/aromatic N) is 3. The number of rotatable bonds is 6. The van der Waals surface area contributed by atoms with Crippen molar-refractivity contribution in [3.8, 4) is 5.75 Å². The lowest BCUT2D eigenvalue weighted by atomic mass is 10.1. The van der Waals surface area contributed by atoms with Crippen LogP contribution in [-0.2, 0) is 6.42 Å². The van der Waals surface area contributed by atoms with E-state index in [0.717, 1.165) is 63.5 Å². The number of benzene rings is 2. The normalized spacial score (nSPS) is 20.4. The Morgan fingerprint density at radius 3 is 2.57 bits per heavy atom. The van der Waals surface area contributed by atoms with E-state index >= 15 is 0 Å². The minimum Gasteiger partial charge on any atom is -0.493 e. The summed E-state index contributed by atoms with van der Waals surface area (Å²) in [7, 11) is 0. The van der Waals surface area contributed by atoms with Crippen LogP contribution in [0.4, 0.5) is 5.69 Å². The van der Waals surface area contributed by atoms with Gasteiger partial charge in [0.1, 0.15) is 5.75 Å². The molecule has 0 amide bonds. The van der Waals surface area contributed by atoms with Crippen LogP contribution in [0.3, 0.4) is 0 Å². The summed E-state index contributed by atoms with van der Waals surface area (Å²) in [5, 5.41) is 11.2. The molecule has 0 spiro atoms. The van der Waals surface area contributed by atoms with E-state index in [1.807, 2.05) is 30.1 Å². The molecule has 2 heterocycles. The van der Waals surface area contributed by atoms with E-state index < -0.39 is 0 Å². The highest BCUT2D eigenvalue weighted by Crippen LogP contribution is 2.42. The minimum atomic E-state index is -0.350. The van der Waals surface area contributed by atoms with Crippen molar-refractivity contribution in [3.05, 3.63) is 69.8 Å². The second kappa shape index (κ2) is 8.94. The van der Waals surface area contributed by atoms with E-state index in [1.165, 1.54) is 5.56 Å². The van der Waals surface area contributed by atoms with Crippen LogP contribution >= 0.6 is 11.9 Å². The Morgan fingerprint density at radius 1 is 1.07 bits per heavy atom. The second-order valence-corrected chi connectivity index (χ2v) is 8.51. The topological polar surface area (TPSA) is 58.9 Å². The molecule has 2 aromatic rings. The summed E-state index contributed by atoms with van der Waals surface area (Å²) in [6.07, 6.45) is 1.99. The molecule has 1 fully saturated rings. The van der Waals surface area contributed by atoms with Crippen LogP contribution in [0.15, 0.2) is 48.5 Å². The molecule has 4 rings (SSSR count). The maximum Gasteiger partial charge on any atom is 0.269 e. The van der Waals surface area contributed by atoms with Crippen LogP contribution in [0.2, 0.25) is 0 Å². The van der Waals surface area contributed by atoms with Gasteiger partial charge in [-0.15, -0.1) is 0 Å². The number of piperazine rings is 1. The average Bonchev–Trinajstić information content (AvgIpc) is 2.74. The lowest BCUT2D eigenvalue weighted by Crippen LogP contribution is -2.44. The summed E-state index contributed by atoms with van der Waals surface area (Å²) in [6.45, 7) is 6.03. The first-order valence-corrected chi connectivity index (χ1v) is 10.6. The van der Waals surface area contributed by atoms with Gasteiger partial charge in [-0.2, -0.15) is 0 Å². The first-order chi connectivity index (χ1) is 13.7. The fraction of sp³-hybridized carbons (Fsp3) is 0.429. The van der Waals surface area contributed by atoms with Crippen molar-refractivity contribution in [2.75, 3.05) is 39.3 Å². The zero-order chi connectivity index (χ0) is 19.3. The predicted octanol–water partition coefficient (Wildman–Crippen LogP) is 3.93. The van der Waals surface area contributed by atoms with E-state index in [0.29, 0.717) is 5.25 Å². The third kappa shape index (κ3) is 4.66. The lowest BCUT2D eigenvalue weighted by Gasteiger charge is -2.36. The molecule has 1 atom stereocenters. The zero-order valence-electron chi connectivity index (χ0n) is 15.8. The van der Waals surface area contributed by atoms with Crippen molar-refractivity contribution < 1.29 is 9.66 Å². The molecular formula is C21H25N3O3S. The van der Waals surface area contributed by atoms with Gasteiger partial charge in [0.2, 0.25) is 0 Å². The third-order valence-corrected chi connectivity index (χ3v) is 6.78. The number of non-ortho nitro benzene ring substituents is 1. The van der Waals surface area contributed by atoms with E-state index in [-0.39, 0.29) is 10.6 Å².